The van der Waals surface area contributed by atoms with E-state index in [1.54, 1.807) is 21.3 Å². The standard InChI is InChI=1S/3C15H15BO3/c1-16-15-8-7-14(9-11(15)10-18-16)19-13-5-3-12(17-2)4-6-13;1-16-15-7-6-14(8-11(15)10-18-16)19-13-5-3-4-12(9-13)17-2;1-16-13-8-7-12(9-11(13)10-18-16)19-15-6-4-3-5-14(15)17-2/h3*3-9H,10H2,1-2H3. The summed E-state index contributed by atoms with van der Waals surface area (Å²) < 4.78 is 49.9. The van der Waals surface area contributed by atoms with Gasteiger partial charge in [0, 0.05) is 6.07 Å². The van der Waals surface area contributed by atoms with Gasteiger partial charge in [0.1, 0.15) is 40.2 Å². The van der Waals surface area contributed by atoms with Gasteiger partial charge in [-0.3, -0.25) is 0 Å². The fourth-order valence-corrected chi connectivity index (χ4v) is 6.83. The highest BCUT2D eigenvalue weighted by Gasteiger charge is 2.25. The fourth-order valence-electron chi connectivity index (χ4n) is 6.83. The van der Waals surface area contributed by atoms with Crippen LogP contribution in [-0.2, 0) is 33.8 Å². The van der Waals surface area contributed by atoms with E-state index in [-0.39, 0.29) is 20.7 Å². The molecular weight excluding hydrogens is 717 g/mol. The van der Waals surface area contributed by atoms with E-state index in [0.717, 1.165) is 51.7 Å². The van der Waals surface area contributed by atoms with Gasteiger partial charge in [0.2, 0.25) is 0 Å². The van der Waals surface area contributed by atoms with Crippen LogP contribution in [0.25, 0.3) is 0 Å². The van der Waals surface area contributed by atoms with E-state index < -0.39 is 0 Å². The quantitative estimate of drug-likeness (QED) is 0.135. The highest BCUT2D eigenvalue weighted by atomic mass is 16.5. The molecular formula is C45H45B3O9. The van der Waals surface area contributed by atoms with Gasteiger partial charge in [-0.1, -0.05) is 56.9 Å². The molecule has 0 amide bonds. The van der Waals surface area contributed by atoms with Crippen LogP contribution in [0.3, 0.4) is 0 Å². The zero-order valence-electron chi connectivity index (χ0n) is 33.2. The third-order valence-electron chi connectivity index (χ3n) is 9.99. The number of hydrogen-bond donors (Lipinski definition) is 0. The Morgan fingerprint density at radius 3 is 1.26 bits per heavy atom. The molecule has 0 unspecified atom stereocenters. The van der Waals surface area contributed by atoms with Crippen LogP contribution in [0.4, 0.5) is 0 Å². The fraction of sp³-hybridized carbons (Fsp3) is 0.200. The molecule has 9 rings (SSSR count). The monoisotopic (exact) mass is 762 g/mol. The van der Waals surface area contributed by atoms with E-state index in [0.29, 0.717) is 19.8 Å². The van der Waals surface area contributed by atoms with Gasteiger partial charge < -0.3 is 42.4 Å². The summed E-state index contributed by atoms with van der Waals surface area (Å²) >= 11 is 0. The maximum atomic E-state index is 5.88. The van der Waals surface area contributed by atoms with E-state index in [1.165, 1.54) is 33.1 Å². The number of methoxy groups -OCH3 is 3. The minimum atomic E-state index is 0.176. The Hall–Kier alpha value is -5.81. The van der Waals surface area contributed by atoms with Gasteiger partial charge in [0.15, 0.2) is 11.5 Å². The zero-order valence-corrected chi connectivity index (χ0v) is 33.2. The predicted molar refractivity (Wildman–Crippen MR) is 227 cm³/mol. The van der Waals surface area contributed by atoms with E-state index in [4.69, 9.17) is 42.4 Å². The van der Waals surface area contributed by atoms with E-state index in [9.17, 15) is 0 Å². The Bertz CT molecular complexity index is 2280. The third-order valence-corrected chi connectivity index (χ3v) is 9.99. The molecule has 0 aliphatic carbocycles. The van der Waals surface area contributed by atoms with Crippen LogP contribution >= 0.6 is 0 Å². The lowest BCUT2D eigenvalue weighted by Crippen LogP contribution is -2.23. The summed E-state index contributed by atoms with van der Waals surface area (Å²) in [6.45, 7) is 8.71. The van der Waals surface area contributed by atoms with Gasteiger partial charge in [-0.2, -0.15) is 0 Å². The maximum Gasteiger partial charge on any atom is 0.324 e. The first-order valence-electron chi connectivity index (χ1n) is 19.0. The summed E-state index contributed by atoms with van der Waals surface area (Å²) in [4.78, 5) is 0. The van der Waals surface area contributed by atoms with Crippen LogP contribution in [-0.4, -0.2) is 42.1 Å². The first-order chi connectivity index (χ1) is 27.8. The number of ether oxygens (including phenoxy) is 6. The second kappa shape index (κ2) is 18.4. The van der Waals surface area contributed by atoms with Gasteiger partial charge in [-0.05, 0) is 118 Å². The van der Waals surface area contributed by atoms with Crippen LogP contribution < -0.4 is 44.8 Å². The zero-order chi connectivity index (χ0) is 39.7. The Balaban J connectivity index is 0.000000131. The molecule has 0 aromatic heterocycles. The Labute approximate surface area is 336 Å². The van der Waals surface area contributed by atoms with Crippen molar-refractivity contribution in [1.82, 2.24) is 0 Å². The largest absolute Gasteiger partial charge is 0.497 e. The average Bonchev–Trinajstić information content (AvgIpc) is 3.93. The molecule has 57 heavy (non-hydrogen) atoms. The molecule has 0 atom stereocenters. The summed E-state index contributed by atoms with van der Waals surface area (Å²) in [6, 6.07) is 41.0. The molecule has 12 heteroatoms. The number of para-hydroxylation sites is 2. The predicted octanol–water partition coefficient (Wildman–Crippen LogP) is 8.54. The minimum Gasteiger partial charge on any atom is -0.497 e. The molecule has 0 saturated heterocycles. The molecule has 9 nitrogen and oxygen atoms in total. The Kier molecular flexibility index (Phi) is 12.7. The first-order valence-corrected chi connectivity index (χ1v) is 19.0. The molecule has 3 heterocycles. The van der Waals surface area contributed by atoms with Gasteiger partial charge in [0.05, 0.1) is 41.2 Å². The van der Waals surface area contributed by atoms with Crippen molar-refractivity contribution in [3.8, 4) is 51.7 Å². The summed E-state index contributed by atoms with van der Waals surface area (Å²) in [5.74, 6) is 7.09. The van der Waals surface area contributed by atoms with Crippen molar-refractivity contribution in [2.45, 2.75) is 40.3 Å². The number of fused-ring (bicyclic) bond motifs is 3. The van der Waals surface area contributed by atoms with E-state index in [2.05, 4.69) is 38.7 Å². The highest BCUT2D eigenvalue weighted by Crippen LogP contribution is 2.32. The van der Waals surface area contributed by atoms with Crippen molar-refractivity contribution in [2.24, 2.45) is 0 Å². The second-order valence-electron chi connectivity index (χ2n) is 13.8. The SMILES string of the molecule is COc1ccc(Oc2ccc3c(c2)COB3C)cc1.COc1cccc(Oc2ccc3c(c2)COB3C)c1.COc1ccccc1Oc1ccc2c(c1)COB2C. The van der Waals surface area contributed by atoms with Crippen molar-refractivity contribution in [3.05, 3.63) is 144 Å². The molecule has 6 aromatic carbocycles. The lowest BCUT2D eigenvalue weighted by atomic mass is 9.64. The smallest absolute Gasteiger partial charge is 0.324 e. The molecule has 0 spiro atoms. The van der Waals surface area contributed by atoms with Crippen molar-refractivity contribution in [3.63, 3.8) is 0 Å². The molecule has 0 saturated carbocycles. The number of benzene rings is 6. The number of hydrogen-bond acceptors (Lipinski definition) is 9. The van der Waals surface area contributed by atoms with Crippen LogP contribution in [0.5, 0.6) is 51.7 Å². The first kappa shape index (κ1) is 39.4. The lowest BCUT2D eigenvalue weighted by Gasteiger charge is -2.10. The number of rotatable bonds is 9. The Morgan fingerprint density at radius 1 is 0.368 bits per heavy atom. The van der Waals surface area contributed by atoms with Gasteiger partial charge in [-0.15, -0.1) is 0 Å². The van der Waals surface area contributed by atoms with Crippen molar-refractivity contribution < 1.29 is 42.4 Å². The van der Waals surface area contributed by atoms with E-state index >= 15 is 0 Å². The van der Waals surface area contributed by atoms with E-state index in [1.807, 2.05) is 109 Å². The molecule has 3 aliphatic heterocycles. The van der Waals surface area contributed by atoms with Crippen LogP contribution in [0.15, 0.2) is 127 Å². The molecule has 288 valence electrons. The Morgan fingerprint density at radius 2 is 0.772 bits per heavy atom. The highest BCUT2D eigenvalue weighted by molar-refractivity contribution is 6.68. The topological polar surface area (TPSA) is 83.1 Å². The molecule has 0 N–H and O–H groups in total. The lowest BCUT2D eigenvalue weighted by molar-refractivity contribution is 0.333. The summed E-state index contributed by atoms with van der Waals surface area (Å²) in [5, 5.41) is 0. The summed E-state index contributed by atoms with van der Waals surface area (Å²) in [7, 11) is 4.94. The van der Waals surface area contributed by atoms with Gasteiger partial charge in [0.25, 0.3) is 0 Å². The molecule has 6 aromatic rings. The molecule has 0 bridgehead atoms. The van der Waals surface area contributed by atoms with Crippen molar-refractivity contribution >= 4 is 37.1 Å². The van der Waals surface area contributed by atoms with Gasteiger partial charge >= 0.3 is 20.7 Å². The second-order valence-corrected chi connectivity index (χ2v) is 13.8. The molecule has 0 radical (unpaired) electrons. The van der Waals surface area contributed by atoms with Gasteiger partial charge in [-0.25, -0.2) is 0 Å². The van der Waals surface area contributed by atoms with Crippen molar-refractivity contribution in [1.29, 1.82) is 0 Å². The minimum absolute atomic E-state index is 0.176. The van der Waals surface area contributed by atoms with Crippen molar-refractivity contribution in [2.75, 3.05) is 21.3 Å². The molecule has 3 aliphatic rings. The summed E-state index contributed by atoms with van der Waals surface area (Å²) in [6.07, 6.45) is 0. The van der Waals surface area contributed by atoms with Crippen LogP contribution in [0.1, 0.15) is 16.7 Å². The molecule has 0 fully saturated rings. The third kappa shape index (κ3) is 9.78. The maximum absolute atomic E-state index is 5.88. The van der Waals surface area contributed by atoms with Crippen LogP contribution in [0.2, 0.25) is 20.5 Å². The van der Waals surface area contributed by atoms with Crippen LogP contribution in [0, 0.1) is 0 Å². The summed E-state index contributed by atoms with van der Waals surface area (Å²) in [5.41, 5.74) is 7.35. The normalized spacial score (nSPS) is 13.3. The average molecular weight is 762 g/mol.